The van der Waals surface area contributed by atoms with Crippen molar-refractivity contribution in [2.45, 2.75) is 0 Å². The second-order valence-corrected chi connectivity index (χ2v) is 4.47. The Bertz CT molecular complexity index is 634. The van der Waals surface area contributed by atoms with Crippen molar-refractivity contribution in [3.05, 3.63) is 59.1 Å². The lowest BCUT2D eigenvalue weighted by atomic mass is 10.3. The minimum absolute atomic E-state index is 0.0637. The standard InChI is InChI=1S/C14H11ClF2N2O/c15-9-2-1-3-11(6-9)19-14(20)8-18-13-7-10(16)4-5-12(13)17/h1-7,18H,8H2,(H,19,20). The zero-order valence-corrected chi connectivity index (χ0v) is 11.0. The molecule has 104 valence electrons. The van der Waals surface area contributed by atoms with Crippen molar-refractivity contribution in [2.75, 3.05) is 17.2 Å². The first-order valence-electron chi connectivity index (χ1n) is 5.79. The van der Waals surface area contributed by atoms with Gasteiger partial charge in [0.05, 0.1) is 12.2 Å². The van der Waals surface area contributed by atoms with Crippen LogP contribution in [0.1, 0.15) is 0 Å². The average Bonchev–Trinajstić information content (AvgIpc) is 2.40. The highest BCUT2D eigenvalue weighted by molar-refractivity contribution is 6.30. The quantitative estimate of drug-likeness (QED) is 0.904. The molecule has 0 atom stereocenters. The van der Waals surface area contributed by atoms with Crippen LogP contribution in [0.5, 0.6) is 0 Å². The van der Waals surface area contributed by atoms with E-state index in [0.29, 0.717) is 10.7 Å². The molecule has 0 heterocycles. The maximum atomic E-state index is 13.3. The van der Waals surface area contributed by atoms with Gasteiger partial charge in [0.1, 0.15) is 11.6 Å². The van der Waals surface area contributed by atoms with Crippen LogP contribution in [0.2, 0.25) is 5.02 Å². The van der Waals surface area contributed by atoms with Crippen LogP contribution in [0, 0.1) is 11.6 Å². The van der Waals surface area contributed by atoms with E-state index in [9.17, 15) is 13.6 Å². The molecule has 1 amide bonds. The molecule has 0 aliphatic carbocycles. The van der Waals surface area contributed by atoms with Crippen molar-refractivity contribution in [3.63, 3.8) is 0 Å². The van der Waals surface area contributed by atoms with Gasteiger partial charge in [-0.3, -0.25) is 4.79 Å². The number of hydrogen-bond acceptors (Lipinski definition) is 2. The number of anilines is 2. The molecule has 0 aliphatic rings. The summed E-state index contributed by atoms with van der Waals surface area (Å²) in [5, 5.41) is 5.61. The van der Waals surface area contributed by atoms with Crippen molar-refractivity contribution in [1.29, 1.82) is 0 Å². The molecule has 20 heavy (non-hydrogen) atoms. The van der Waals surface area contributed by atoms with E-state index in [4.69, 9.17) is 11.6 Å². The predicted molar refractivity (Wildman–Crippen MR) is 74.9 cm³/mol. The predicted octanol–water partition coefficient (Wildman–Crippen LogP) is 3.67. The third-order valence-electron chi connectivity index (χ3n) is 2.48. The molecule has 3 nitrogen and oxygen atoms in total. The molecule has 0 aliphatic heterocycles. The molecule has 0 radical (unpaired) electrons. The normalized spacial score (nSPS) is 10.2. The number of carbonyl (C=O) groups is 1. The molecule has 0 spiro atoms. The average molecular weight is 297 g/mol. The van der Waals surface area contributed by atoms with Gasteiger partial charge in [0.25, 0.3) is 0 Å². The first-order chi connectivity index (χ1) is 9.54. The molecule has 0 bridgehead atoms. The lowest BCUT2D eigenvalue weighted by molar-refractivity contribution is -0.114. The van der Waals surface area contributed by atoms with E-state index in [1.54, 1.807) is 24.3 Å². The molecular weight excluding hydrogens is 286 g/mol. The zero-order chi connectivity index (χ0) is 14.5. The van der Waals surface area contributed by atoms with Gasteiger partial charge in [-0.2, -0.15) is 0 Å². The van der Waals surface area contributed by atoms with E-state index >= 15 is 0 Å². The van der Waals surface area contributed by atoms with Gasteiger partial charge >= 0.3 is 0 Å². The Hall–Kier alpha value is -2.14. The van der Waals surface area contributed by atoms with Crippen LogP contribution >= 0.6 is 11.6 Å². The maximum absolute atomic E-state index is 13.3. The van der Waals surface area contributed by atoms with Crippen molar-refractivity contribution < 1.29 is 13.6 Å². The third kappa shape index (κ3) is 3.93. The fourth-order valence-corrected chi connectivity index (χ4v) is 1.77. The fraction of sp³-hybridized carbons (Fsp3) is 0.0714. The molecule has 0 saturated carbocycles. The van der Waals surface area contributed by atoms with E-state index in [2.05, 4.69) is 10.6 Å². The zero-order valence-electron chi connectivity index (χ0n) is 10.3. The van der Waals surface area contributed by atoms with E-state index < -0.39 is 17.5 Å². The second-order valence-electron chi connectivity index (χ2n) is 4.04. The summed E-state index contributed by atoms with van der Waals surface area (Å²) in [7, 11) is 0. The lowest BCUT2D eigenvalue weighted by Gasteiger charge is -2.09. The number of rotatable bonds is 4. The number of carbonyl (C=O) groups excluding carboxylic acids is 1. The highest BCUT2D eigenvalue weighted by Gasteiger charge is 2.06. The number of halogens is 3. The van der Waals surface area contributed by atoms with Gasteiger partial charge in [0, 0.05) is 10.7 Å². The van der Waals surface area contributed by atoms with Crippen LogP contribution in [-0.4, -0.2) is 12.5 Å². The summed E-state index contributed by atoms with van der Waals surface area (Å²) < 4.78 is 26.3. The SMILES string of the molecule is O=C(CNc1cc(F)ccc1F)Nc1cccc(Cl)c1. The Balaban J connectivity index is 1.94. The molecule has 0 fully saturated rings. The molecule has 2 rings (SSSR count). The fourth-order valence-electron chi connectivity index (χ4n) is 1.58. The summed E-state index contributed by atoms with van der Waals surface area (Å²) in [4.78, 5) is 11.7. The smallest absolute Gasteiger partial charge is 0.243 e. The molecular formula is C14H11ClF2N2O. The summed E-state index contributed by atoms with van der Waals surface area (Å²) in [6, 6.07) is 9.62. The van der Waals surface area contributed by atoms with Gasteiger partial charge in [-0.05, 0) is 36.4 Å². The van der Waals surface area contributed by atoms with Crippen LogP contribution < -0.4 is 10.6 Å². The molecule has 2 aromatic rings. The van der Waals surface area contributed by atoms with Crippen molar-refractivity contribution >= 4 is 28.9 Å². The first-order valence-corrected chi connectivity index (χ1v) is 6.17. The summed E-state index contributed by atoms with van der Waals surface area (Å²) >= 11 is 5.78. The molecule has 0 saturated heterocycles. The van der Waals surface area contributed by atoms with Crippen LogP contribution in [0.25, 0.3) is 0 Å². The minimum Gasteiger partial charge on any atom is -0.374 e. The van der Waals surface area contributed by atoms with Crippen LogP contribution in [0.15, 0.2) is 42.5 Å². The molecule has 2 N–H and O–H groups in total. The Morgan fingerprint density at radius 1 is 1.15 bits per heavy atom. The minimum atomic E-state index is -0.623. The highest BCUT2D eigenvalue weighted by atomic mass is 35.5. The Kier molecular flexibility index (Phi) is 4.53. The molecule has 0 unspecified atom stereocenters. The summed E-state index contributed by atoms with van der Waals surface area (Å²) in [6.45, 7) is -0.188. The van der Waals surface area contributed by atoms with E-state index in [-0.39, 0.29) is 12.2 Å². The molecule has 2 aromatic carbocycles. The largest absolute Gasteiger partial charge is 0.374 e. The lowest BCUT2D eigenvalue weighted by Crippen LogP contribution is -2.22. The number of hydrogen-bond donors (Lipinski definition) is 2. The Labute approximate surface area is 119 Å². The van der Waals surface area contributed by atoms with Crippen LogP contribution in [0.4, 0.5) is 20.2 Å². The third-order valence-corrected chi connectivity index (χ3v) is 2.71. The van der Waals surface area contributed by atoms with Gasteiger partial charge in [-0.25, -0.2) is 8.78 Å². The van der Waals surface area contributed by atoms with Gasteiger partial charge in [0.15, 0.2) is 0 Å². The number of nitrogens with one attached hydrogen (secondary N) is 2. The van der Waals surface area contributed by atoms with Gasteiger partial charge in [-0.1, -0.05) is 17.7 Å². The van der Waals surface area contributed by atoms with E-state index in [1.807, 2.05) is 0 Å². The Morgan fingerprint density at radius 3 is 2.70 bits per heavy atom. The number of benzene rings is 2. The topological polar surface area (TPSA) is 41.1 Å². The van der Waals surface area contributed by atoms with E-state index in [0.717, 1.165) is 18.2 Å². The van der Waals surface area contributed by atoms with Crippen LogP contribution in [0.3, 0.4) is 0 Å². The van der Waals surface area contributed by atoms with Crippen molar-refractivity contribution in [2.24, 2.45) is 0 Å². The van der Waals surface area contributed by atoms with Crippen molar-refractivity contribution in [1.82, 2.24) is 0 Å². The molecule has 0 aromatic heterocycles. The summed E-state index contributed by atoms with van der Waals surface area (Å²) in [5.74, 6) is -1.60. The summed E-state index contributed by atoms with van der Waals surface area (Å²) in [5.41, 5.74) is 0.468. The molecule has 6 heteroatoms. The van der Waals surface area contributed by atoms with Crippen molar-refractivity contribution in [3.8, 4) is 0 Å². The monoisotopic (exact) mass is 296 g/mol. The second kappa shape index (κ2) is 6.34. The first kappa shape index (κ1) is 14.3. The Morgan fingerprint density at radius 2 is 1.95 bits per heavy atom. The highest BCUT2D eigenvalue weighted by Crippen LogP contribution is 2.16. The van der Waals surface area contributed by atoms with Gasteiger partial charge < -0.3 is 10.6 Å². The van der Waals surface area contributed by atoms with Gasteiger partial charge in [-0.15, -0.1) is 0 Å². The number of amides is 1. The van der Waals surface area contributed by atoms with Gasteiger partial charge in [0.2, 0.25) is 5.91 Å². The maximum Gasteiger partial charge on any atom is 0.243 e. The van der Waals surface area contributed by atoms with E-state index in [1.165, 1.54) is 0 Å². The van der Waals surface area contributed by atoms with Crippen LogP contribution in [-0.2, 0) is 4.79 Å². The summed E-state index contributed by atoms with van der Waals surface area (Å²) in [6.07, 6.45) is 0.